The molecule has 0 aliphatic rings. The van der Waals surface area contributed by atoms with Gasteiger partial charge in [0.2, 0.25) is 0 Å². The van der Waals surface area contributed by atoms with Crippen LogP contribution in [0.2, 0.25) is 0 Å². The summed E-state index contributed by atoms with van der Waals surface area (Å²) in [5.74, 6) is -3.50. The van der Waals surface area contributed by atoms with Crippen molar-refractivity contribution in [3.8, 4) is 22.6 Å². The molecule has 206 valence electrons. The zero-order chi connectivity index (χ0) is 28.2. The second-order valence-corrected chi connectivity index (χ2v) is 10.5. The van der Waals surface area contributed by atoms with E-state index in [0.717, 1.165) is 24.3 Å². The molecule has 0 fully saturated rings. The van der Waals surface area contributed by atoms with Gasteiger partial charge in [0.15, 0.2) is 5.60 Å². The maximum Gasteiger partial charge on any atom is 0.573 e. The Morgan fingerprint density at radius 3 is 2.16 bits per heavy atom. The van der Waals surface area contributed by atoms with Crippen LogP contribution in [-0.4, -0.2) is 57.6 Å². The predicted molar refractivity (Wildman–Crippen MR) is 121 cm³/mol. The molecule has 0 saturated carbocycles. The van der Waals surface area contributed by atoms with Gasteiger partial charge in [-0.3, -0.25) is 9.57 Å². The van der Waals surface area contributed by atoms with Gasteiger partial charge in [0.1, 0.15) is 17.5 Å². The van der Waals surface area contributed by atoms with Crippen molar-refractivity contribution in [3.63, 3.8) is 0 Å². The highest BCUT2D eigenvalue weighted by atomic mass is 32.2. The summed E-state index contributed by atoms with van der Waals surface area (Å²) >= 11 is 0. The number of methoxy groups -OCH3 is 1. The fraction of sp³-hybridized carbons (Fsp3) is 0.409. The van der Waals surface area contributed by atoms with Crippen LogP contribution >= 0.6 is 0 Å². The van der Waals surface area contributed by atoms with E-state index in [-0.39, 0.29) is 16.9 Å². The molecule has 2 aromatic rings. The van der Waals surface area contributed by atoms with E-state index in [9.17, 15) is 40.5 Å². The standard InChI is InChI=1S/C22H24F6N2O6S/c1-35-18-12-15(36-22(26,27)28)6-7-16(18)13-2-4-14(5-3-13)20(33,21(23,24)25)9-11-37(30,34)10-8-17(29)19(31)32/h2-7,12,17,30,33H,8-11,29H2,1H3,(H,31,32)/t17-,20?,37?/m0/s1. The first-order chi connectivity index (χ1) is 16.9. The van der Waals surface area contributed by atoms with Gasteiger partial charge in [-0.1, -0.05) is 24.3 Å². The van der Waals surface area contributed by atoms with E-state index < -0.39 is 75.5 Å². The van der Waals surface area contributed by atoms with Crippen LogP contribution in [-0.2, 0) is 20.1 Å². The van der Waals surface area contributed by atoms with Crippen molar-refractivity contribution >= 4 is 15.7 Å². The highest BCUT2D eigenvalue weighted by molar-refractivity contribution is 7.92. The first-order valence-corrected chi connectivity index (χ1v) is 12.3. The largest absolute Gasteiger partial charge is 0.573 e. The number of alkyl halides is 6. The molecule has 0 heterocycles. The van der Waals surface area contributed by atoms with Gasteiger partial charge in [-0.05, 0) is 29.7 Å². The number of carbonyl (C=O) groups is 1. The van der Waals surface area contributed by atoms with Gasteiger partial charge in [-0.15, -0.1) is 13.2 Å². The maximum atomic E-state index is 13.9. The van der Waals surface area contributed by atoms with Crippen molar-refractivity contribution in [2.24, 2.45) is 5.73 Å². The molecule has 0 aliphatic carbocycles. The predicted octanol–water partition coefficient (Wildman–Crippen LogP) is 4.25. The molecule has 37 heavy (non-hydrogen) atoms. The summed E-state index contributed by atoms with van der Waals surface area (Å²) in [4.78, 5) is 10.8. The Bertz CT molecular complexity index is 1200. The van der Waals surface area contributed by atoms with E-state index in [1.807, 2.05) is 0 Å². The van der Waals surface area contributed by atoms with Crippen LogP contribution in [0, 0.1) is 4.78 Å². The number of aliphatic hydroxyl groups is 1. The molecule has 0 amide bonds. The molecule has 8 nitrogen and oxygen atoms in total. The fourth-order valence-corrected chi connectivity index (χ4v) is 4.80. The van der Waals surface area contributed by atoms with Crippen LogP contribution in [0.4, 0.5) is 26.3 Å². The first kappa shape index (κ1) is 30.2. The summed E-state index contributed by atoms with van der Waals surface area (Å²) in [6.07, 6.45) is -11.7. The number of hydrogen-bond donors (Lipinski definition) is 4. The summed E-state index contributed by atoms with van der Waals surface area (Å²) in [6.45, 7) is 0. The molecule has 0 spiro atoms. The summed E-state index contributed by atoms with van der Waals surface area (Å²) in [7, 11) is -2.53. The third kappa shape index (κ3) is 7.97. The normalized spacial score (nSPS) is 16.4. The van der Waals surface area contributed by atoms with Crippen molar-refractivity contribution in [1.29, 1.82) is 4.78 Å². The van der Waals surface area contributed by atoms with Crippen molar-refractivity contribution in [1.82, 2.24) is 0 Å². The van der Waals surface area contributed by atoms with Crippen LogP contribution in [0.3, 0.4) is 0 Å². The number of nitrogens with one attached hydrogen (secondary N) is 1. The SMILES string of the molecule is COc1cc(OC(F)(F)F)ccc1-c1ccc(C(O)(CCS(=N)(=O)CC[C@H](N)C(=O)O)C(F)(F)F)cc1. The fourth-order valence-electron chi connectivity index (χ4n) is 3.34. The molecule has 0 bridgehead atoms. The van der Waals surface area contributed by atoms with E-state index in [1.54, 1.807) is 0 Å². The van der Waals surface area contributed by atoms with E-state index >= 15 is 0 Å². The second-order valence-electron chi connectivity index (χ2n) is 8.05. The van der Waals surface area contributed by atoms with E-state index in [2.05, 4.69) is 4.74 Å². The lowest BCUT2D eigenvalue weighted by Gasteiger charge is -2.31. The minimum atomic E-state index is -5.23. The zero-order valence-electron chi connectivity index (χ0n) is 19.2. The van der Waals surface area contributed by atoms with Gasteiger partial charge >= 0.3 is 18.5 Å². The van der Waals surface area contributed by atoms with Crippen LogP contribution < -0.4 is 15.2 Å². The molecule has 5 N–H and O–H groups in total. The topological polar surface area (TPSA) is 143 Å². The number of carboxylic acids is 1. The van der Waals surface area contributed by atoms with Crippen LogP contribution in [0.25, 0.3) is 11.1 Å². The van der Waals surface area contributed by atoms with Gasteiger partial charge in [-0.25, -0.2) is 4.21 Å². The molecule has 0 aromatic heterocycles. The average Bonchev–Trinajstić information content (AvgIpc) is 2.79. The lowest BCUT2D eigenvalue weighted by atomic mass is 9.89. The second kappa shape index (κ2) is 11.1. The van der Waals surface area contributed by atoms with E-state index in [4.69, 9.17) is 20.4 Å². The van der Waals surface area contributed by atoms with Crippen molar-refractivity contribution in [3.05, 3.63) is 48.0 Å². The quantitative estimate of drug-likeness (QED) is 0.302. The van der Waals surface area contributed by atoms with Gasteiger partial charge in [0.25, 0.3) is 0 Å². The highest BCUT2D eigenvalue weighted by Gasteiger charge is 2.54. The Kier molecular flexibility index (Phi) is 9.09. The zero-order valence-corrected chi connectivity index (χ0v) is 20.0. The Labute approximate surface area is 208 Å². The summed E-state index contributed by atoms with van der Waals surface area (Å²) in [6, 6.07) is 5.95. The van der Waals surface area contributed by atoms with Crippen molar-refractivity contribution < 1.29 is 55.0 Å². The molecule has 2 aromatic carbocycles. The van der Waals surface area contributed by atoms with Crippen LogP contribution in [0.1, 0.15) is 18.4 Å². The molecule has 15 heteroatoms. The number of carboxylic acid groups (broad SMARTS) is 1. The van der Waals surface area contributed by atoms with Crippen LogP contribution in [0.5, 0.6) is 11.5 Å². The number of ether oxygens (including phenoxy) is 2. The summed E-state index contributed by atoms with van der Waals surface area (Å²) in [5, 5.41) is 19.3. The molecule has 0 radical (unpaired) electrons. The summed E-state index contributed by atoms with van der Waals surface area (Å²) in [5.41, 5.74) is 1.64. The number of nitrogens with two attached hydrogens (primary N) is 1. The highest BCUT2D eigenvalue weighted by Crippen LogP contribution is 2.43. The number of halogens is 6. The maximum absolute atomic E-state index is 13.9. The number of aliphatic carboxylic acids is 1. The molecule has 3 atom stereocenters. The average molecular weight is 558 g/mol. The smallest absolute Gasteiger partial charge is 0.496 e. The van der Waals surface area contributed by atoms with Crippen molar-refractivity contribution in [2.45, 2.75) is 37.0 Å². The van der Waals surface area contributed by atoms with Gasteiger partial charge in [-0.2, -0.15) is 13.2 Å². The minimum Gasteiger partial charge on any atom is -0.496 e. The number of hydrogen-bond acceptors (Lipinski definition) is 7. The first-order valence-electron chi connectivity index (χ1n) is 10.4. The number of rotatable bonds is 11. The monoisotopic (exact) mass is 558 g/mol. The van der Waals surface area contributed by atoms with Crippen molar-refractivity contribution in [2.75, 3.05) is 18.6 Å². The number of benzene rings is 2. The Morgan fingerprint density at radius 2 is 1.68 bits per heavy atom. The van der Waals surface area contributed by atoms with Gasteiger partial charge in [0, 0.05) is 39.3 Å². The van der Waals surface area contributed by atoms with Gasteiger partial charge < -0.3 is 25.4 Å². The molecule has 2 rings (SSSR count). The molecule has 2 unspecified atom stereocenters. The van der Waals surface area contributed by atoms with Crippen LogP contribution in [0.15, 0.2) is 42.5 Å². The Balaban J connectivity index is 2.30. The lowest BCUT2D eigenvalue weighted by molar-refractivity contribution is -0.274. The lowest BCUT2D eigenvalue weighted by Crippen LogP contribution is -2.44. The molecular weight excluding hydrogens is 534 g/mol. The third-order valence-electron chi connectivity index (χ3n) is 5.42. The van der Waals surface area contributed by atoms with Gasteiger partial charge in [0.05, 0.1) is 7.11 Å². The van der Waals surface area contributed by atoms with E-state index in [0.29, 0.717) is 0 Å². The van der Waals surface area contributed by atoms with E-state index in [1.165, 1.54) is 25.3 Å². The Morgan fingerprint density at radius 1 is 1.08 bits per heavy atom. The molecular formula is C22H24F6N2O6S. The Hall–Kier alpha value is -3.04. The third-order valence-corrected chi connectivity index (χ3v) is 7.18. The minimum absolute atomic E-state index is 0.0610. The summed E-state index contributed by atoms with van der Waals surface area (Å²) < 4.78 is 108. The molecule has 0 saturated heterocycles. The molecule has 0 aliphatic heterocycles.